The van der Waals surface area contributed by atoms with Crippen molar-refractivity contribution in [1.29, 1.82) is 0 Å². The van der Waals surface area contributed by atoms with E-state index in [0.717, 1.165) is 11.1 Å². The lowest BCUT2D eigenvalue weighted by atomic mass is 9.70. The summed E-state index contributed by atoms with van der Waals surface area (Å²) in [6.07, 6.45) is 4.78. The summed E-state index contributed by atoms with van der Waals surface area (Å²) in [5.41, 5.74) is 0.845. The molecular weight excluding hydrogens is 664 g/mol. The van der Waals surface area contributed by atoms with Crippen molar-refractivity contribution >= 4 is 34.7 Å². The van der Waals surface area contributed by atoms with Gasteiger partial charge in [0.25, 0.3) is 0 Å². The van der Waals surface area contributed by atoms with Crippen molar-refractivity contribution in [3.63, 3.8) is 0 Å². The Bertz CT molecular complexity index is 1800. The van der Waals surface area contributed by atoms with E-state index in [4.69, 9.17) is 9.47 Å². The maximum Gasteiger partial charge on any atom is 0.306 e. The number of amides is 3. The summed E-state index contributed by atoms with van der Waals surface area (Å²) in [5.74, 6) is -3.65. The number of fused-ring (bicyclic) bond motifs is 2. The quantitative estimate of drug-likeness (QED) is 0.158. The highest BCUT2D eigenvalue weighted by molar-refractivity contribution is 5.99. The fourth-order valence-electron chi connectivity index (χ4n) is 8.21. The van der Waals surface area contributed by atoms with Crippen molar-refractivity contribution < 1.29 is 33.8 Å². The third kappa shape index (κ3) is 6.74. The van der Waals surface area contributed by atoms with E-state index in [1.54, 1.807) is 21.7 Å². The molecule has 13 heteroatoms. The summed E-state index contributed by atoms with van der Waals surface area (Å²) in [6.45, 7) is 11.2. The van der Waals surface area contributed by atoms with Crippen LogP contribution in [0.5, 0.6) is 0 Å². The van der Waals surface area contributed by atoms with Gasteiger partial charge in [0.05, 0.1) is 42.1 Å². The zero-order chi connectivity index (χ0) is 37.0. The molecule has 3 aliphatic rings. The first-order chi connectivity index (χ1) is 25.2. The molecule has 2 aromatic carbocycles. The molecule has 3 aliphatic heterocycles. The maximum absolute atomic E-state index is 15.0. The standard InChI is InChI=1S/C39H48N6O7/c1-5-8-18-32(47)51-23-28(26-14-10-9-11-15-26)40-36(48)33-31-19-20-39(52-31)34(33)37(49)45(30(22-46)25(4)7-3)35(39)38(50)43(21-6-2)24-44-29-17-13-12-16-27(29)41-42-44/h5-6,9-17,25,28,30-31,33-35,46H,1-2,7-8,18-24H2,3-4H3,(H,40,48)/t25-,28+,30-,31-,33+,34+,35-,39+/m0/s1. The Balaban J connectivity index is 1.33. The van der Waals surface area contributed by atoms with Gasteiger partial charge in [0.2, 0.25) is 17.7 Å². The van der Waals surface area contributed by atoms with Gasteiger partial charge in [-0.25, -0.2) is 4.68 Å². The third-order valence-corrected chi connectivity index (χ3v) is 11.0. The largest absolute Gasteiger partial charge is 0.463 e. The first kappa shape index (κ1) is 36.9. The lowest BCUT2D eigenvalue weighted by Crippen LogP contribution is -2.60. The second-order valence-electron chi connectivity index (χ2n) is 14.0. The van der Waals surface area contributed by atoms with Gasteiger partial charge in [-0.05, 0) is 42.9 Å². The van der Waals surface area contributed by atoms with E-state index in [-0.39, 0.29) is 44.7 Å². The van der Waals surface area contributed by atoms with Gasteiger partial charge in [-0.15, -0.1) is 18.3 Å². The number of rotatable bonds is 17. The van der Waals surface area contributed by atoms with E-state index < -0.39 is 59.5 Å². The Hall–Kier alpha value is -4.88. The average Bonchev–Trinajstić information content (AvgIpc) is 3.92. The molecule has 3 saturated heterocycles. The van der Waals surface area contributed by atoms with Gasteiger partial charge < -0.3 is 29.7 Å². The van der Waals surface area contributed by atoms with Crippen molar-refractivity contribution in [2.45, 2.75) is 82.5 Å². The molecule has 3 fully saturated rings. The normalized spacial score (nSPS) is 25.0. The molecule has 0 radical (unpaired) electrons. The maximum atomic E-state index is 15.0. The molecule has 1 spiro atoms. The smallest absolute Gasteiger partial charge is 0.306 e. The number of hydrogen-bond acceptors (Lipinski definition) is 9. The van der Waals surface area contributed by atoms with E-state index in [1.807, 2.05) is 68.4 Å². The van der Waals surface area contributed by atoms with Gasteiger partial charge in [0.15, 0.2) is 0 Å². The zero-order valence-corrected chi connectivity index (χ0v) is 29.8. The SMILES string of the molecule is C=CCCC(=O)OC[C@@H](NC(=O)[C@@H]1[C@@H]2CC[C@]3(O2)[C@H](C(=O)N(CC=C)Cn2nnc4ccccc42)N([C@@H](CO)[C@@H](C)CC)C(=O)[C@@H]13)c1ccccc1. The minimum absolute atomic E-state index is 0.0371. The molecule has 276 valence electrons. The summed E-state index contributed by atoms with van der Waals surface area (Å²) in [4.78, 5) is 59.7. The molecule has 2 bridgehead atoms. The van der Waals surface area contributed by atoms with Crippen molar-refractivity contribution in [2.75, 3.05) is 19.8 Å². The highest BCUT2D eigenvalue weighted by atomic mass is 16.5. The van der Waals surface area contributed by atoms with Crippen LogP contribution in [0.25, 0.3) is 11.0 Å². The Morgan fingerprint density at radius 3 is 2.62 bits per heavy atom. The summed E-state index contributed by atoms with van der Waals surface area (Å²) < 4.78 is 13.9. The number of carbonyl (C=O) groups excluding carboxylic acids is 4. The monoisotopic (exact) mass is 712 g/mol. The molecule has 0 saturated carbocycles. The Morgan fingerprint density at radius 1 is 1.15 bits per heavy atom. The number of ether oxygens (including phenoxy) is 2. The second kappa shape index (κ2) is 15.8. The van der Waals surface area contributed by atoms with E-state index in [0.29, 0.717) is 31.2 Å². The number of likely N-dealkylation sites (tertiary alicyclic amines) is 1. The molecule has 0 aliphatic carbocycles. The van der Waals surface area contributed by atoms with Crippen LogP contribution in [0.15, 0.2) is 79.9 Å². The predicted molar refractivity (Wildman–Crippen MR) is 192 cm³/mol. The van der Waals surface area contributed by atoms with Crippen LogP contribution in [0.4, 0.5) is 0 Å². The van der Waals surface area contributed by atoms with E-state index in [1.165, 1.54) is 4.90 Å². The Morgan fingerprint density at radius 2 is 1.90 bits per heavy atom. The van der Waals surface area contributed by atoms with Crippen molar-refractivity contribution in [3.05, 3.63) is 85.5 Å². The number of esters is 1. The number of nitrogens with one attached hydrogen (secondary N) is 1. The highest BCUT2D eigenvalue weighted by Crippen LogP contribution is 2.59. The van der Waals surface area contributed by atoms with Crippen LogP contribution in [-0.2, 0) is 35.3 Å². The molecule has 0 unspecified atom stereocenters. The highest BCUT2D eigenvalue weighted by Gasteiger charge is 2.75. The molecule has 3 amide bonds. The molecule has 13 nitrogen and oxygen atoms in total. The number of aliphatic hydroxyl groups is 1. The topological polar surface area (TPSA) is 156 Å². The number of aromatic nitrogens is 3. The summed E-state index contributed by atoms with van der Waals surface area (Å²) in [7, 11) is 0. The predicted octanol–water partition coefficient (Wildman–Crippen LogP) is 3.55. The third-order valence-electron chi connectivity index (χ3n) is 11.0. The number of aliphatic hydroxyl groups excluding tert-OH is 1. The van der Waals surface area contributed by atoms with Crippen LogP contribution >= 0.6 is 0 Å². The molecule has 8 atom stereocenters. The van der Waals surface area contributed by atoms with Crippen LogP contribution in [0.3, 0.4) is 0 Å². The van der Waals surface area contributed by atoms with E-state index >= 15 is 0 Å². The van der Waals surface area contributed by atoms with Gasteiger partial charge in [-0.1, -0.05) is 80.1 Å². The average molecular weight is 713 g/mol. The molecule has 6 rings (SSSR count). The number of benzene rings is 2. The van der Waals surface area contributed by atoms with Crippen molar-refractivity contribution in [1.82, 2.24) is 30.1 Å². The zero-order valence-electron chi connectivity index (χ0n) is 29.8. The first-order valence-corrected chi connectivity index (χ1v) is 18.1. The van der Waals surface area contributed by atoms with E-state index in [9.17, 15) is 24.3 Å². The first-order valence-electron chi connectivity index (χ1n) is 18.1. The van der Waals surface area contributed by atoms with E-state index in [2.05, 4.69) is 28.8 Å². The van der Waals surface area contributed by atoms with Crippen LogP contribution in [0.1, 0.15) is 57.6 Å². The molecule has 52 heavy (non-hydrogen) atoms. The number of para-hydroxylation sites is 1. The van der Waals surface area contributed by atoms with Crippen LogP contribution in [-0.4, -0.2) is 97.1 Å². The Kier molecular flexibility index (Phi) is 11.2. The van der Waals surface area contributed by atoms with Gasteiger partial charge in [-0.2, -0.15) is 0 Å². The number of nitrogens with zero attached hydrogens (tertiary/aromatic N) is 5. The van der Waals surface area contributed by atoms with Crippen molar-refractivity contribution in [2.24, 2.45) is 17.8 Å². The van der Waals surface area contributed by atoms with Crippen LogP contribution < -0.4 is 5.32 Å². The summed E-state index contributed by atoms with van der Waals surface area (Å²) in [5, 5.41) is 22.4. The van der Waals surface area contributed by atoms with Gasteiger partial charge in [0, 0.05) is 13.0 Å². The molecule has 2 N–H and O–H groups in total. The molecular formula is C39H48N6O7. The lowest BCUT2D eigenvalue weighted by Gasteiger charge is -2.40. The summed E-state index contributed by atoms with van der Waals surface area (Å²) >= 11 is 0. The van der Waals surface area contributed by atoms with Crippen LogP contribution in [0, 0.1) is 17.8 Å². The lowest BCUT2D eigenvalue weighted by molar-refractivity contribution is -0.153. The Labute approximate surface area is 303 Å². The van der Waals surface area contributed by atoms with Gasteiger partial charge >= 0.3 is 5.97 Å². The fraction of sp³-hybridized carbons (Fsp3) is 0.487. The number of allylic oxidation sites excluding steroid dienone is 1. The molecule has 4 heterocycles. The fourth-order valence-corrected chi connectivity index (χ4v) is 8.21. The minimum Gasteiger partial charge on any atom is -0.463 e. The molecule has 1 aromatic heterocycles. The second-order valence-corrected chi connectivity index (χ2v) is 14.0. The number of carbonyl (C=O) groups is 4. The van der Waals surface area contributed by atoms with Crippen molar-refractivity contribution in [3.8, 4) is 0 Å². The van der Waals surface area contributed by atoms with Gasteiger partial charge in [-0.3, -0.25) is 19.2 Å². The number of hydrogen-bond donors (Lipinski definition) is 2. The van der Waals surface area contributed by atoms with Crippen LogP contribution in [0.2, 0.25) is 0 Å². The minimum atomic E-state index is -1.30. The van der Waals surface area contributed by atoms with Gasteiger partial charge in [0.1, 0.15) is 30.4 Å². The molecule has 3 aromatic rings. The summed E-state index contributed by atoms with van der Waals surface area (Å²) in [6, 6.07) is 14.1.